The molecule has 0 spiro atoms. The van der Waals surface area contributed by atoms with E-state index in [1.54, 1.807) is 16.9 Å². The highest BCUT2D eigenvalue weighted by molar-refractivity contribution is 7.78. The van der Waals surface area contributed by atoms with E-state index in [0.717, 1.165) is 0 Å². The molecular weight excluding hydrogens is 136 g/mol. The van der Waals surface area contributed by atoms with Crippen molar-refractivity contribution in [2.75, 3.05) is 0 Å². The van der Waals surface area contributed by atoms with E-state index < -0.39 is 0 Å². The minimum absolute atomic E-state index is 0.535. The first-order valence-corrected chi connectivity index (χ1v) is 2.90. The van der Waals surface area contributed by atoms with E-state index in [2.05, 4.69) is 17.3 Å². The molecule has 0 aliphatic carbocycles. The second-order valence-corrected chi connectivity index (χ2v) is 1.73. The normalized spacial score (nSPS) is 9.00. The van der Waals surface area contributed by atoms with Gasteiger partial charge < -0.3 is 4.74 Å². The van der Waals surface area contributed by atoms with Crippen LogP contribution in [0.25, 0.3) is 0 Å². The van der Waals surface area contributed by atoms with Crippen molar-refractivity contribution in [1.82, 2.24) is 9.78 Å². The largest absolute Gasteiger partial charge is 0.434 e. The molecule has 0 amide bonds. The molecule has 9 heavy (non-hydrogen) atoms. The maximum atomic E-state index is 4.78. The van der Waals surface area contributed by atoms with E-state index in [1.807, 2.05) is 7.05 Å². The van der Waals surface area contributed by atoms with Crippen molar-refractivity contribution in [2.45, 2.75) is 0 Å². The van der Waals surface area contributed by atoms with Crippen LogP contribution in [0.3, 0.4) is 0 Å². The SMILES string of the molecule is Cn1ccc(OC=S)n1. The Labute approximate surface area is 58.2 Å². The van der Waals surface area contributed by atoms with Crippen molar-refractivity contribution >= 4 is 17.8 Å². The van der Waals surface area contributed by atoms with Gasteiger partial charge in [0.05, 0.1) is 0 Å². The molecule has 0 unspecified atom stereocenters. The van der Waals surface area contributed by atoms with Gasteiger partial charge in [-0.2, -0.15) is 0 Å². The molecule has 48 valence electrons. The van der Waals surface area contributed by atoms with Crippen molar-refractivity contribution in [2.24, 2.45) is 7.05 Å². The number of thiocarbonyl (C=S) groups is 1. The molecule has 0 fully saturated rings. The lowest BCUT2D eigenvalue weighted by Gasteiger charge is -1.87. The molecule has 0 aromatic carbocycles. The van der Waals surface area contributed by atoms with E-state index in [9.17, 15) is 0 Å². The molecule has 0 radical (unpaired) electrons. The van der Waals surface area contributed by atoms with Gasteiger partial charge in [0.15, 0.2) is 5.55 Å². The van der Waals surface area contributed by atoms with Gasteiger partial charge in [-0.05, 0) is 12.2 Å². The van der Waals surface area contributed by atoms with E-state index in [1.165, 1.54) is 5.55 Å². The Morgan fingerprint density at radius 3 is 3.11 bits per heavy atom. The summed E-state index contributed by atoms with van der Waals surface area (Å²) in [7, 11) is 1.82. The fraction of sp³-hybridized carbons (Fsp3) is 0.200. The zero-order chi connectivity index (χ0) is 6.69. The fourth-order valence-corrected chi connectivity index (χ4v) is 0.604. The third-order valence-electron chi connectivity index (χ3n) is 0.858. The summed E-state index contributed by atoms with van der Waals surface area (Å²) in [5, 5.41) is 3.90. The Balaban J connectivity index is 2.72. The van der Waals surface area contributed by atoms with Gasteiger partial charge in [0, 0.05) is 19.3 Å². The summed E-state index contributed by atoms with van der Waals surface area (Å²) in [5.74, 6) is 0.535. The fourth-order valence-electron chi connectivity index (χ4n) is 0.506. The van der Waals surface area contributed by atoms with Crippen LogP contribution >= 0.6 is 12.2 Å². The Hall–Kier alpha value is -0.900. The average molecular weight is 142 g/mol. The number of aromatic nitrogens is 2. The average Bonchev–Trinajstić information content (AvgIpc) is 2.17. The summed E-state index contributed by atoms with van der Waals surface area (Å²) in [6.45, 7) is 0. The second-order valence-electron chi connectivity index (χ2n) is 1.54. The van der Waals surface area contributed by atoms with Gasteiger partial charge >= 0.3 is 0 Å². The van der Waals surface area contributed by atoms with Crippen LogP contribution in [0, 0.1) is 0 Å². The van der Waals surface area contributed by atoms with Crippen molar-refractivity contribution in [3.63, 3.8) is 0 Å². The van der Waals surface area contributed by atoms with Crippen LogP contribution in [0.2, 0.25) is 0 Å². The second kappa shape index (κ2) is 2.59. The summed E-state index contributed by atoms with van der Waals surface area (Å²) in [6, 6.07) is 1.74. The summed E-state index contributed by atoms with van der Waals surface area (Å²) < 4.78 is 6.43. The van der Waals surface area contributed by atoms with Crippen LogP contribution in [-0.2, 0) is 7.05 Å². The number of nitrogens with zero attached hydrogens (tertiary/aromatic N) is 2. The Morgan fingerprint density at radius 1 is 1.89 bits per heavy atom. The Kier molecular flexibility index (Phi) is 1.79. The van der Waals surface area contributed by atoms with Gasteiger partial charge in [-0.15, -0.1) is 5.10 Å². The molecule has 1 aromatic heterocycles. The Bertz CT molecular complexity index is 208. The predicted molar refractivity (Wildman–Crippen MR) is 37.5 cm³/mol. The highest BCUT2D eigenvalue weighted by Gasteiger charge is 1.91. The van der Waals surface area contributed by atoms with Gasteiger partial charge in [0.2, 0.25) is 5.88 Å². The van der Waals surface area contributed by atoms with E-state index >= 15 is 0 Å². The molecule has 0 aliphatic rings. The minimum Gasteiger partial charge on any atom is -0.434 e. The van der Waals surface area contributed by atoms with Crippen molar-refractivity contribution in [3.05, 3.63) is 12.3 Å². The predicted octanol–water partition coefficient (Wildman–Crippen LogP) is 0.756. The molecule has 3 nitrogen and oxygen atoms in total. The zero-order valence-corrected chi connectivity index (χ0v) is 5.76. The van der Waals surface area contributed by atoms with Gasteiger partial charge in [0.1, 0.15) is 0 Å². The number of aryl methyl sites for hydroxylation is 1. The van der Waals surface area contributed by atoms with E-state index in [0.29, 0.717) is 5.88 Å². The van der Waals surface area contributed by atoms with Crippen LogP contribution in [0.15, 0.2) is 12.3 Å². The van der Waals surface area contributed by atoms with Gasteiger partial charge in [-0.1, -0.05) is 0 Å². The summed E-state index contributed by atoms with van der Waals surface area (Å²) in [6.07, 6.45) is 1.79. The molecule has 4 heteroatoms. The van der Waals surface area contributed by atoms with Gasteiger partial charge in [0.25, 0.3) is 0 Å². The monoisotopic (exact) mass is 142 g/mol. The van der Waals surface area contributed by atoms with Crippen LogP contribution < -0.4 is 4.74 Å². The third kappa shape index (κ3) is 1.50. The standard InChI is InChI=1S/C5H6N2OS/c1-7-3-2-5(6-7)8-4-9/h2-4H,1H3. The highest BCUT2D eigenvalue weighted by atomic mass is 32.1. The molecule has 1 rings (SSSR count). The van der Waals surface area contributed by atoms with Gasteiger partial charge in [-0.3, -0.25) is 4.68 Å². The number of ether oxygens (including phenoxy) is 1. The molecule has 1 heterocycles. The summed E-state index contributed by atoms with van der Waals surface area (Å²) in [5.41, 5.74) is 1.18. The number of rotatable bonds is 2. The van der Waals surface area contributed by atoms with Crippen LogP contribution in [-0.4, -0.2) is 15.3 Å². The first kappa shape index (κ1) is 6.22. The minimum atomic E-state index is 0.535. The lowest BCUT2D eigenvalue weighted by Crippen LogP contribution is -1.90. The third-order valence-corrected chi connectivity index (χ3v) is 0.954. The lowest BCUT2D eigenvalue weighted by atomic mass is 10.7. The molecule has 0 N–H and O–H groups in total. The molecular formula is C5H6N2OS. The van der Waals surface area contributed by atoms with Crippen LogP contribution in [0.5, 0.6) is 5.88 Å². The zero-order valence-electron chi connectivity index (χ0n) is 4.94. The van der Waals surface area contributed by atoms with E-state index in [4.69, 9.17) is 4.74 Å². The summed E-state index contributed by atoms with van der Waals surface area (Å²) in [4.78, 5) is 0. The lowest BCUT2D eigenvalue weighted by molar-refractivity contribution is 0.542. The highest BCUT2D eigenvalue weighted by Crippen LogP contribution is 2.01. The van der Waals surface area contributed by atoms with Crippen molar-refractivity contribution in [3.8, 4) is 5.88 Å². The number of hydrogen-bond acceptors (Lipinski definition) is 3. The maximum Gasteiger partial charge on any atom is 0.238 e. The molecule has 0 bridgehead atoms. The first-order chi connectivity index (χ1) is 4.33. The quantitative estimate of drug-likeness (QED) is 0.570. The number of hydrogen-bond donors (Lipinski definition) is 0. The Morgan fingerprint density at radius 2 is 2.67 bits per heavy atom. The molecule has 0 aliphatic heterocycles. The van der Waals surface area contributed by atoms with Crippen molar-refractivity contribution < 1.29 is 4.74 Å². The van der Waals surface area contributed by atoms with Crippen LogP contribution in [0.1, 0.15) is 0 Å². The molecule has 0 atom stereocenters. The topological polar surface area (TPSA) is 27.1 Å². The molecule has 1 aromatic rings. The smallest absolute Gasteiger partial charge is 0.238 e. The van der Waals surface area contributed by atoms with Gasteiger partial charge in [-0.25, -0.2) is 0 Å². The summed E-state index contributed by atoms with van der Waals surface area (Å²) >= 11 is 4.45. The van der Waals surface area contributed by atoms with Crippen molar-refractivity contribution in [1.29, 1.82) is 0 Å². The van der Waals surface area contributed by atoms with Crippen LogP contribution in [0.4, 0.5) is 0 Å². The first-order valence-electron chi connectivity index (χ1n) is 2.43. The van der Waals surface area contributed by atoms with E-state index in [-0.39, 0.29) is 0 Å². The maximum absolute atomic E-state index is 4.78. The molecule has 0 saturated carbocycles. The molecule has 0 saturated heterocycles.